The van der Waals surface area contributed by atoms with Gasteiger partial charge in [-0.15, -0.1) is 0 Å². The first-order chi connectivity index (χ1) is 7.97. The lowest BCUT2D eigenvalue weighted by Crippen LogP contribution is -2.42. The fourth-order valence-electron chi connectivity index (χ4n) is 2.22. The lowest BCUT2D eigenvalue weighted by Gasteiger charge is -2.25. The second kappa shape index (κ2) is 6.12. The van der Waals surface area contributed by atoms with Crippen molar-refractivity contribution in [1.82, 2.24) is 4.90 Å². The van der Waals surface area contributed by atoms with Crippen molar-refractivity contribution < 1.29 is 9.59 Å². The fourth-order valence-corrected chi connectivity index (χ4v) is 2.22. The summed E-state index contributed by atoms with van der Waals surface area (Å²) < 4.78 is 0. The standard InChI is InChI=1S/C12H23N3O2/c1-8(6-11(16)10(14)7-13)12(17)15-5-3-4-9(15)2/h8-10H,3-7,13-14H2,1-2H3/t8-,9-,10?/m1/s1. The average Bonchev–Trinajstić information content (AvgIpc) is 2.73. The number of ketones is 1. The Morgan fingerprint density at radius 2 is 2.12 bits per heavy atom. The molecule has 0 aliphatic carbocycles. The van der Waals surface area contributed by atoms with Gasteiger partial charge in [0.15, 0.2) is 5.78 Å². The maximum absolute atomic E-state index is 12.1. The minimum Gasteiger partial charge on any atom is -0.340 e. The molecule has 0 aromatic rings. The number of carbonyl (C=O) groups excluding carboxylic acids is 2. The molecule has 0 spiro atoms. The van der Waals surface area contributed by atoms with Crippen LogP contribution in [0.4, 0.5) is 0 Å². The van der Waals surface area contributed by atoms with Crippen LogP contribution in [0.15, 0.2) is 0 Å². The van der Waals surface area contributed by atoms with Crippen LogP contribution < -0.4 is 11.5 Å². The molecule has 3 atom stereocenters. The van der Waals surface area contributed by atoms with Crippen LogP contribution in [-0.4, -0.2) is 41.8 Å². The molecule has 17 heavy (non-hydrogen) atoms. The van der Waals surface area contributed by atoms with Crippen LogP contribution in [0, 0.1) is 5.92 Å². The van der Waals surface area contributed by atoms with Crippen molar-refractivity contribution in [3.63, 3.8) is 0 Å². The highest BCUT2D eigenvalue weighted by molar-refractivity contribution is 5.89. The van der Waals surface area contributed by atoms with Crippen molar-refractivity contribution in [3.8, 4) is 0 Å². The van der Waals surface area contributed by atoms with Crippen LogP contribution in [-0.2, 0) is 9.59 Å². The van der Waals surface area contributed by atoms with Gasteiger partial charge in [-0.25, -0.2) is 0 Å². The molecule has 1 aliphatic rings. The number of Topliss-reactive ketones (excluding diaryl/α,β-unsaturated/α-hetero) is 1. The van der Waals surface area contributed by atoms with Gasteiger partial charge in [0.1, 0.15) is 0 Å². The molecule has 1 heterocycles. The minimum atomic E-state index is -0.638. The number of nitrogens with two attached hydrogens (primary N) is 2. The lowest BCUT2D eigenvalue weighted by atomic mass is 9.99. The smallest absolute Gasteiger partial charge is 0.226 e. The molecule has 5 heteroatoms. The molecule has 4 N–H and O–H groups in total. The van der Waals surface area contributed by atoms with Gasteiger partial charge in [-0.05, 0) is 19.8 Å². The van der Waals surface area contributed by atoms with E-state index in [4.69, 9.17) is 11.5 Å². The summed E-state index contributed by atoms with van der Waals surface area (Å²) in [7, 11) is 0. The molecule has 0 bridgehead atoms. The van der Waals surface area contributed by atoms with Crippen molar-refractivity contribution in [2.45, 2.75) is 45.2 Å². The molecule has 1 saturated heterocycles. The number of hydrogen-bond acceptors (Lipinski definition) is 4. The topological polar surface area (TPSA) is 89.4 Å². The van der Waals surface area contributed by atoms with Crippen molar-refractivity contribution in [1.29, 1.82) is 0 Å². The quantitative estimate of drug-likeness (QED) is 0.702. The Morgan fingerprint density at radius 3 is 2.59 bits per heavy atom. The Hall–Kier alpha value is -0.940. The lowest BCUT2D eigenvalue weighted by molar-refractivity contribution is -0.138. The predicted molar refractivity (Wildman–Crippen MR) is 66.2 cm³/mol. The van der Waals surface area contributed by atoms with Gasteiger partial charge in [0.25, 0.3) is 0 Å². The summed E-state index contributed by atoms with van der Waals surface area (Å²) in [4.78, 5) is 25.6. The molecular formula is C12H23N3O2. The summed E-state index contributed by atoms with van der Waals surface area (Å²) in [6.07, 6.45) is 2.30. The summed E-state index contributed by atoms with van der Waals surface area (Å²) in [5.74, 6) is -0.353. The maximum Gasteiger partial charge on any atom is 0.226 e. The van der Waals surface area contributed by atoms with Crippen LogP contribution in [0.1, 0.15) is 33.1 Å². The predicted octanol–water partition coefficient (Wildman–Crippen LogP) is -0.121. The van der Waals surface area contributed by atoms with Gasteiger partial charge in [0.2, 0.25) is 5.91 Å². The van der Waals surface area contributed by atoms with Crippen LogP contribution in [0.3, 0.4) is 0 Å². The number of rotatable bonds is 5. The zero-order chi connectivity index (χ0) is 13.0. The van der Waals surface area contributed by atoms with E-state index in [0.717, 1.165) is 19.4 Å². The molecule has 98 valence electrons. The van der Waals surface area contributed by atoms with Crippen LogP contribution in [0.25, 0.3) is 0 Å². The molecule has 0 aromatic heterocycles. The third-order valence-electron chi connectivity index (χ3n) is 3.43. The summed E-state index contributed by atoms with van der Waals surface area (Å²) >= 11 is 0. The third-order valence-corrected chi connectivity index (χ3v) is 3.43. The number of amides is 1. The van der Waals surface area contributed by atoms with Crippen molar-refractivity contribution in [2.24, 2.45) is 17.4 Å². The van der Waals surface area contributed by atoms with Gasteiger partial charge >= 0.3 is 0 Å². The molecule has 0 radical (unpaired) electrons. The Labute approximate surface area is 103 Å². The highest BCUT2D eigenvalue weighted by Crippen LogP contribution is 2.20. The molecular weight excluding hydrogens is 218 g/mol. The highest BCUT2D eigenvalue weighted by atomic mass is 16.2. The zero-order valence-corrected chi connectivity index (χ0v) is 10.7. The monoisotopic (exact) mass is 241 g/mol. The third kappa shape index (κ3) is 3.51. The van der Waals surface area contributed by atoms with E-state index in [1.54, 1.807) is 6.92 Å². The van der Waals surface area contributed by atoms with Gasteiger partial charge in [0, 0.05) is 31.5 Å². The van der Waals surface area contributed by atoms with E-state index in [0.29, 0.717) is 6.04 Å². The van der Waals surface area contributed by atoms with E-state index in [1.807, 2.05) is 11.8 Å². The maximum atomic E-state index is 12.1. The summed E-state index contributed by atoms with van der Waals surface area (Å²) in [6.45, 7) is 4.78. The number of likely N-dealkylation sites (tertiary alicyclic amines) is 1. The molecule has 1 rings (SSSR count). The first-order valence-electron chi connectivity index (χ1n) is 6.26. The summed E-state index contributed by atoms with van der Waals surface area (Å²) in [6, 6.07) is -0.343. The molecule has 1 fully saturated rings. The first kappa shape index (κ1) is 14.1. The van der Waals surface area contributed by atoms with Gasteiger partial charge in [-0.1, -0.05) is 6.92 Å². The molecule has 0 aromatic carbocycles. The molecule has 1 amide bonds. The van der Waals surface area contributed by atoms with Gasteiger partial charge in [0.05, 0.1) is 6.04 Å². The van der Waals surface area contributed by atoms with Crippen molar-refractivity contribution >= 4 is 11.7 Å². The van der Waals surface area contributed by atoms with Crippen molar-refractivity contribution in [3.05, 3.63) is 0 Å². The Balaban J connectivity index is 2.49. The highest BCUT2D eigenvalue weighted by Gasteiger charge is 2.30. The molecule has 1 aliphatic heterocycles. The van der Waals surface area contributed by atoms with Gasteiger partial charge < -0.3 is 16.4 Å². The minimum absolute atomic E-state index is 0.0626. The average molecular weight is 241 g/mol. The molecule has 0 saturated carbocycles. The number of hydrogen-bond donors (Lipinski definition) is 2. The molecule has 1 unspecified atom stereocenters. The second-order valence-electron chi connectivity index (χ2n) is 4.94. The summed E-state index contributed by atoms with van der Waals surface area (Å²) in [5, 5.41) is 0. The SMILES string of the molecule is C[C@H](CC(=O)C(N)CN)C(=O)N1CCC[C@H]1C. The summed E-state index contributed by atoms with van der Waals surface area (Å²) in [5.41, 5.74) is 10.9. The van der Waals surface area contributed by atoms with E-state index in [-0.39, 0.29) is 30.6 Å². The van der Waals surface area contributed by atoms with Crippen LogP contribution in [0.5, 0.6) is 0 Å². The number of nitrogens with zero attached hydrogens (tertiary/aromatic N) is 1. The Morgan fingerprint density at radius 1 is 1.47 bits per heavy atom. The van der Waals surface area contributed by atoms with E-state index in [9.17, 15) is 9.59 Å². The van der Waals surface area contributed by atoms with E-state index < -0.39 is 6.04 Å². The Bertz CT molecular complexity index is 293. The molecule has 5 nitrogen and oxygen atoms in total. The largest absolute Gasteiger partial charge is 0.340 e. The van der Waals surface area contributed by atoms with Crippen LogP contribution >= 0.6 is 0 Å². The zero-order valence-electron chi connectivity index (χ0n) is 10.7. The number of carbonyl (C=O) groups is 2. The van der Waals surface area contributed by atoms with Crippen molar-refractivity contribution in [2.75, 3.05) is 13.1 Å². The van der Waals surface area contributed by atoms with Gasteiger partial charge in [-0.3, -0.25) is 9.59 Å². The van der Waals surface area contributed by atoms with E-state index in [2.05, 4.69) is 0 Å². The van der Waals surface area contributed by atoms with Gasteiger partial charge in [-0.2, -0.15) is 0 Å². The fraction of sp³-hybridized carbons (Fsp3) is 0.833. The Kier molecular flexibility index (Phi) is 5.08. The van der Waals surface area contributed by atoms with E-state index in [1.165, 1.54) is 0 Å². The normalized spacial score (nSPS) is 23.5. The second-order valence-corrected chi connectivity index (χ2v) is 4.94. The van der Waals surface area contributed by atoms with E-state index >= 15 is 0 Å². The van der Waals surface area contributed by atoms with Crippen LogP contribution in [0.2, 0.25) is 0 Å². The first-order valence-corrected chi connectivity index (χ1v) is 6.26.